The van der Waals surface area contributed by atoms with E-state index in [-0.39, 0.29) is 4.90 Å². The Morgan fingerprint density at radius 3 is 2.48 bits per heavy atom. The Bertz CT molecular complexity index is 1090. The first kappa shape index (κ1) is 19.1. The lowest BCUT2D eigenvalue weighted by Gasteiger charge is -2.07. The molecule has 1 N–H and O–H groups in total. The van der Waals surface area contributed by atoms with Crippen LogP contribution >= 0.6 is 11.3 Å². The van der Waals surface area contributed by atoms with E-state index in [4.69, 9.17) is 4.74 Å². The first-order chi connectivity index (χ1) is 12.8. The van der Waals surface area contributed by atoms with E-state index in [0.717, 1.165) is 23.3 Å². The van der Waals surface area contributed by atoms with Crippen LogP contribution in [-0.2, 0) is 9.84 Å². The zero-order chi connectivity index (χ0) is 19.6. The molecule has 2 aromatic carbocycles. The van der Waals surface area contributed by atoms with Crippen LogP contribution in [0, 0.1) is 6.92 Å². The maximum absolute atomic E-state index is 12.6. The summed E-state index contributed by atoms with van der Waals surface area (Å²) in [7, 11) is -1.79. The fourth-order valence-corrected chi connectivity index (χ4v) is 3.83. The van der Waals surface area contributed by atoms with Crippen LogP contribution in [-0.4, -0.2) is 32.7 Å². The van der Waals surface area contributed by atoms with Gasteiger partial charge in [-0.05, 0) is 48.9 Å². The van der Waals surface area contributed by atoms with Crippen molar-refractivity contribution in [1.82, 2.24) is 4.98 Å². The molecule has 1 aromatic heterocycles. The van der Waals surface area contributed by atoms with Gasteiger partial charge in [-0.2, -0.15) is 0 Å². The van der Waals surface area contributed by atoms with Crippen LogP contribution in [0.25, 0.3) is 11.3 Å². The number of nitrogens with zero attached hydrogens (tertiary/aromatic N) is 1. The third-order valence-corrected chi connectivity index (χ3v) is 5.86. The van der Waals surface area contributed by atoms with Gasteiger partial charge in [-0.1, -0.05) is 6.07 Å². The SMILES string of the molecule is COc1ccc(-c2csc(NC(=O)c3cc(S(C)(=O)=O)ccc3C)n2)cc1. The van der Waals surface area contributed by atoms with Crippen molar-refractivity contribution >= 4 is 32.2 Å². The summed E-state index contributed by atoms with van der Waals surface area (Å²) >= 11 is 1.30. The van der Waals surface area contributed by atoms with Crippen LogP contribution in [0.2, 0.25) is 0 Å². The smallest absolute Gasteiger partial charge is 0.257 e. The molecule has 3 rings (SSSR count). The Hall–Kier alpha value is -2.71. The van der Waals surface area contributed by atoms with E-state index < -0.39 is 15.7 Å². The topological polar surface area (TPSA) is 85.4 Å². The lowest BCUT2D eigenvalue weighted by Crippen LogP contribution is -2.14. The number of rotatable bonds is 5. The second kappa shape index (κ2) is 7.50. The molecule has 3 aromatic rings. The number of sulfone groups is 1. The number of thiazole rings is 1. The van der Waals surface area contributed by atoms with Crippen LogP contribution in [0.1, 0.15) is 15.9 Å². The highest BCUT2D eigenvalue weighted by Gasteiger charge is 2.16. The number of carbonyl (C=O) groups excluding carboxylic acids is 1. The standard InChI is InChI=1S/C19H18N2O4S2/c1-12-4-9-15(27(3,23)24)10-16(12)18(22)21-19-20-17(11-26-19)13-5-7-14(25-2)8-6-13/h4-11H,1-3H3,(H,20,21,22). The van der Waals surface area contributed by atoms with E-state index in [1.54, 1.807) is 20.1 Å². The minimum atomic E-state index is -3.39. The van der Waals surface area contributed by atoms with Gasteiger partial charge in [0.25, 0.3) is 5.91 Å². The molecule has 1 heterocycles. The summed E-state index contributed by atoms with van der Waals surface area (Å²) in [5.74, 6) is 0.359. The molecule has 0 aliphatic carbocycles. The summed E-state index contributed by atoms with van der Waals surface area (Å²) in [6.45, 7) is 1.76. The Labute approximate surface area is 161 Å². The number of hydrogen-bond donors (Lipinski definition) is 1. The molecule has 0 bridgehead atoms. The van der Waals surface area contributed by atoms with Crippen molar-refractivity contribution in [3.63, 3.8) is 0 Å². The van der Waals surface area contributed by atoms with Gasteiger partial charge in [-0.25, -0.2) is 13.4 Å². The molecule has 27 heavy (non-hydrogen) atoms. The molecule has 0 aliphatic heterocycles. The number of hydrogen-bond acceptors (Lipinski definition) is 6. The normalized spacial score (nSPS) is 11.2. The van der Waals surface area contributed by atoms with E-state index in [2.05, 4.69) is 10.3 Å². The van der Waals surface area contributed by atoms with Gasteiger partial charge in [0, 0.05) is 22.8 Å². The van der Waals surface area contributed by atoms with Crippen LogP contribution in [0.4, 0.5) is 5.13 Å². The maximum Gasteiger partial charge on any atom is 0.257 e. The molecule has 8 heteroatoms. The predicted octanol–water partition coefficient (Wildman–Crippen LogP) is 3.78. The maximum atomic E-state index is 12.6. The van der Waals surface area contributed by atoms with Gasteiger partial charge in [-0.15, -0.1) is 11.3 Å². The molecule has 0 unspecified atom stereocenters. The number of anilines is 1. The first-order valence-corrected chi connectivity index (χ1v) is 10.8. The molecule has 1 amide bonds. The van der Waals surface area contributed by atoms with Crippen molar-refractivity contribution in [3.8, 4) is 17.0 Å². The van der Waals surface area contributed by atoms with Gasteiger partial charge in [0.2, 0.25) is 0 Å². The summed E-state index contributed by atoms with van der Waals surface area (Å²) < 4.78 is 28.6. The van der Waals surface area contributed by atoms with Crippen molar-refractivity contribution in [2.75, 3.05) is 18.7 Å². The Balaban J connectivity index is 1.82. The number of amides is 1. The van der Waals surface area contributed by atoms with Gasteiger partial charge in [-0.3, -0.25) is 10.1 Å². The highest BCUT2D eigenvalue weighted by molar-refractivity contribution is 7.90. The van der Waals surface area contributed by atoms with Gasteiger partial charge in [0.1, 0.15) is 5.75 Å². The Kier molecular flexibility index (Phi) is 5.29. The third-order valence-electron chi connectivity index (χ3n) is 3.99. The number of ether oxygens (including phenoxy) is 1. The lowest BCUT2D eigenvalue weighted by atomic mass is 10.1. The highest BCUT2D eigenvalue weighted by atomic mass is 32.2. The van der Waals surface area contributed by atoms with Crippen LogP contribution in [0.5, 0.6) is 5.75 Å². The molecule has 0 spiro atoms. The molecule has 0 radical (unpaired) electrons. The summed E-state index contributed by atoms with van der Waals surface area (Å²) in [5, 5.41) is 5.02. The van der Waals surface area contributed by atoms with Crippen LogP contribution in [0.3, 0.4) is 0 Å². The largest absolute Gasteiger partial charge is 0.497 e. The minimum absolute atomic E-state index is 0.108. The molecular formula is C19H18N2O4S2. The van der Waals surface area contributed by atoms with Crippen LogP contribution < -0.4 is 10.1 Å². The van der Waals surface area contributed by atoms with E-state index >= 15 is 0 Å². The number of benzene rings is 2. The molecule has 6 nitrogen and oxygen atoms in total. The van der Waals surface area contributed by atoms with Gasteiger partial charge in [0.15, 0.2) is 15.0 Å². The van der Waals surface area contributed by atoms with E-state index in [9.17, 15) is 13.2 Å². The van der Waals surface area contributed by atoms with Gasteiger partial charge >= 0.3 is 0 Å². The number of nitrogens with one attached hydrogen (secondary N) is 1. The van der Waals surface area contributed by atoms with E-state index in [1.807, 2.05) is 29.6 Å². The molecule has 0 saturated carbocycles. The Morgan fingerprint density at radius 2 is 1.85 bits per heavy atom. The number of carbonyl (C=O) groups is 1. The average Bonchev–Trinajstić information content (AvgIpc) is 3.09. The summed E-state index contributed by atoms with van der Waals surface area (Å²) in [6, 6.07) is 12.0. The Morgan fingerprint density at radius 1 is 1.15 bits per heavy atom. The van der Waals surface area contributed by atoms with Crippen molar-refractivity contribution in [2.45, 2.75) is 11.8 Å². The second-order valence-electron chi connectivity index (χ2n) is 5.97. The molecule has 0 fully saturated rings. The first-order valence-electron chi connectivity index (χ1n) is 8.00. The molecule has 0 atom stereocenters. The van der Waals surface area contributed by atoms with Crippen molar-refractivity contribution in [2.24, 2.45) is 0 Å². The highest BCUT2D eigenvalue weighted by Crippen LogP contribution is 2.27. The molecular weight excluding hydrogens is 384 g/mol. The van der Waals surface area contributed by atoms with Crippen molar-refractivity contribution in [3.05, 3.63) is 59.0 Å². The third kappa shape index (κ3) is 4.35. The summed E-state index contributed by atoms with van der Waals surface area (Å²) in [4.78, 5) is 17.1. The molecule has 0 saturated heterocycles. The number of aromatic nitrogens is 1. The number of methoxy groups -OCH3 is 1. The molecule has 140 valence electrons. The van der Waals surface area contributed by atoms with Gasteiger partial charge < -0.3 is 4.74 Å². The summed E-state index contributed by atoms with van der Waals surface area (Å²) in [5.41, 5.74) is 2.63. The predicted molar refractivity (Wildman–Crippen MR) is 106 cm³/mol. The summed E-state index contributed by atoms with van der Waals surface area (Å²) in [6.07, 6.45) is 1.11. The molecule has 0 aliphatic rings. The number of aryl methyl sites for hydroxylation is 1. The monoisotopic (exact) mass is 402 g/mol. The van der Waals surface area contributed by atoms with Crippen molar-refractivity contribution in [1.29, 1.82) is 0 Å². The zero-order valence-corrected chi connectivity index (χ0v) is 16.6. The van der Waals surface area contributed by atoms with Crippen molar-refractivity contribution < 1.29 is 17.9 Å². The fourth-order valence-electron chi connectivity index (χ4n) is 2.47. The van der Waals surface area contributed by atoms with E-state index in [0.29, 0.717) is 16.3 Å². The second-order valence-corrected chi connectivity index (χ2v) is 8.84. The zero-order valence-electron chi connectivity index (χ0n) is 15.0. The average molecular weight is 402 g/mol. The van der Waals surface area contributed by atoms with Crippen LogP contribution in [0.15, 0.2) is 52.7 Å². The van der Waals surface area contributed by atoms with E-state index in [1.165, 1.54) is 23.5 Å². The van der Waals surface area contributed by atoms with Gasteiger partial charge in [0.05, 0.1) is 17.7 Å². The minimum Gasteiger partial charge on any atom is -0.497 e. The lowest BCUT2D eigenvalue weighted by molar-refractivity contribution is 0.102. The fraction of sp³-hybridized carbons (Fsp3) is 0.158. The quantitative estimate of drug-likeness (QED) is 0.702.